The SMILES string of the molecule is CNCCC(=O)Nc1cccc(NC(=O)c2ccco2)c1. The van der Waals surface area contributed by atoms with Gasteiger partial charge in [-0.15, -0.1) is 0 Å². The quantitative estimate of drug-likeness (QED) is 0.759. The first-order valence-corrected chi connectivity index (χ1v) is 6.58. The number of nitrogens with one attached hydrogen (secondary N) is 3. The third kappa shape index (κ3) is 4.47. The Labute approximate surface area is 122 Å². The minimum Gasteiger partial charge on any atom is -0.459 e. The van der Waals surface area contributed by atoms with Crippen LogP contribution in [0.1, 0.15) is 17.0 Å². The average molecular weight is 287 g/mol. The molecule has 0 fully saturated rings. The number of benzene rings is 1. The van der Waals surface area contributed by atoms with Gasteiger partial charge in [-0.3, -0.25) is 9.59 Å². The van der Waals surface area contributed by atoms with Gasteiger partial charge in [0.15, 0.2) is 5.76 Å². The summed E-state index contributed by atoms with van der Waals surface area (Å²) in [7, 11) is 1.79. The van der Waals surface area contributed by atoms with Crippen LogP contribution >= 0.6 is 0 Å². The summed E-state index contributed by atoms with van der Waals surface area (Å²) in [6, 6.07) is 10.2. The van der Waals surface area contributed by atoms with Crippen molar-refractivity contribution >= 4 is 23.2 Å². The van der Waals surface area contributed by atoms with Crippen molar-refractivity contribution in [3.8, 4) is 0 Å². The molecule has 0 radical (unpaired) electrons. The number of anilines is 2. The van der Waals surface area contributed by atoms with E-state index in [1.807, 2.05) is 0 Å². The zero-order chi connectivity index (χ0) is 15.1. The zero-order valence-corrected chi connectivity index (χ0v) is 11.7. The smallest absolute Gasteiger partial charge is 0.291 e. The third-order valence-corrected chi connectivity index (χ3v) is 2.75. The van der Waals surface area contributed by atoms with Crippen LogP contribution < -0.4 is 16.0 Å². The molecule has 0 bridgehead atoms. The van der Waals surface area contributed by atoms with Crippen LogP contribution in [0.5, 0.6) is 0 Å². The molecule has 110 valence electrons. The second-order valence-electron chi connectivity index (χ2n) is 4.41. The van der Waals surface area contributed by atoms with Gasteiger partial charge in [0.05, 0.1) is 6.26 Å². The molecule has 21 heavy (non-hydrogen) atoms. The van der Waals surface area contributed by atoms with Crippen molar-refractivity contribution in [3.05, 3.63) is 48.4 Å². The number of carbonyl (C=O) groups excluding carboxylic acids is 2. The summed E-state index contributed by atoms with van der Waals surface area (Å²) >= 11 is 0. The summed E-state index contributed by atoms with van der Waals surface area (Å²) in [6.07, 6.45) is 1.83. The van der Waals surface area contributed by atoms with Gasteiger partial charge in [-0.2, -0.15) is 0 Å². The fourth-order valence-electron chi connectivity index (χ4n) is 1.74. The lowest BCUT2D eigenvalue weighted by Gasteiger charge is -2.08. The van der Waals surface area contributed by atoms with Crippen molar-refractivity contribution in [1.82, 2.24) is 5.32 Å². The fraction of sp³-hybridized carbons (Fsp3) is 0.200. The van der Waals surface area contributed by atoms with Crippen molar-refractivity contribution < 1.29 is 14.0 Å². The van der Waals surface area contributed by atoms with Crippen LogP contribution in [0.15, 0.2) is 47.1 Å². The van der Waals surface area contributed by atoms with Crippen LogP contribution in [0.25, 0.3) is 0 Å². The largest absolute Gasteiger partial charge is 0.459 e. The number of hydrogen-bond acceptors (Lipinski definition) is 4. The zero-order valence-electron chi connectivity index (χ0n) is 11.7. The first-order chi connectivity index (χ1) is 10.2. The van der Waals surface area contributed by atoms with Crippen molar-refractivity contribution in [2.24, 2.45) is 0 Å². The van der Waals surface area contributed by atoms with Gasteiger partial charge in [0.1, 0.15) is 0 Å². The molecule has 1 aromatic carbocycles. The molecule has 6 nitrogen and oxygen atoms in total. The molecule has 2 amide bonds. The lowest BCUT2D eigenvalue weighted by Crippen LogP contribution is -2.18. The van der Waals surface area contributed by atoms with Crippen LogP contribution in [-0.2, 0) is 4.79 Å². The maximum Gasteiger partial charge on any atom is 0.291 e. The molecule has 0 aliphatic carbocycles. The van der Waals surface area contributed by atoms with Gasteiger partial charge in [-0.05, 0) is 37.4 Å². The molecule has 6 heteroatoms. The van der Waals surface area contributed by atoms with Gasteiger partial charge in [0.2, 0.25) is 5.91 Å². The highest BCUT2D eigenvalue weighted by atomic mass is 16.3. The normalized spacial score (nSPS) is 10.1. The van der Waals surface area contributed by atoms with E-state index >= 15 is 0 Å². The number of amides is 2. The van der Waals surface area contributed by atoms with E-state index in [-0.39, 0.29) is 17.6 Å². The van der Waals surface area contributed by atoms with Crippen molar-refractivity contribution in [3.63, 3.8) is 0 Å². The Morgan fingerprint density at radius 1 is 1.10 bits per heavy atom. The summed E-state index contributed by atoms with van der Waals surface area (Å²) in [5.74, 6) is -0.184. The van der Waals surface area contributed by atoms with Gasteiger partial charge >= 0.3 is 0 Å². The lowest BCUT2D eigenvalue weighted by atomic mass is 10.2. The molecule has 2 aromatic rings. The summed E-state index contributed by atoms with van der Waals surface area (Å²) < 4.78 is 5.02. The topological polar surface area (TPSA) is 83.4 Å². The van der Waals surface area contributed by atoms with Gasteiger partial charge in [-0.1, -0.05) is 6.07 Å². The molecule has 1 heterocycles. The third-order valence-electron chi connectivity index (χ3n) is 2.75. The minimum atomic E-state index is -0.335. The van der Waals surface area contributed by atoms with Gasteiger partial charge in [-0.25, -0.2) is 0 Å². The van der Waals surface area contributed by atoms with E-state index in [9.17, 15) is 9.59 Å². The van der Waals surface area contributed by atoms with Crippen LogP contribution in [0.3, 0.4) is 0 Å². The Balaban J connectivity index is 1.97. The highest BCUT2D eigenvalue weighted by Gasteiger charge is 2.09. The van der Waals surface area contributed by atoms with Crippen molar-refractivity contribution in [1.29, 1.82) is 0 Å². The van der Waals surface area contributed by atoms with Crippen LogP contribution in [-0.4, -0.2) is 25.4 Å². The standard InChI is InChI=1S/C15H17N3O3/c1-16-8-7-14(19)17-11-4-2-5-12(10-11)18-15(20)13-6-3-9-21-13/h2-6,9-10,16H,7-8H2,1H3,(H,17,19)(H,18,20). The lowest BCUT2D eigenvalue weighted by molar-refractivity contribution is -0.116. The monoisotopic (exact) mass is 287 g/mol. The molecule has 1 aromatic heterocycles. The molecule has 2 rings (SSSR count). The molecule has 0 spiro atoms. The van der Waals surface area contributed by atoms with E-state index in [1.54, 1.807) is 43.4 Å². The Hall–Kier alpha value is -2.60. The second-order valence-corrected chi connectivity index (χ2v) is 4.41. The maximum atomic E-state index is 11.8. The van der Waals surface area contributed by atoms with E-state index in [2.05, 4.69) is 16.0 Å². The Bertz CT molecular complexity index is 608. The molecule has 0 saturated heterocycles. The Morgan fingerprint density at radius 2 is 1.86 bits per heavy atom. The van der Waals surface area contributed by atoms with Crippen molar-refractivity contribution in [2.45, 2.75) is 6.42 Å². The van der Waals surface area contributed by atoms with Crippen LogP contribution in [0.2, 0.25) is 0 Å². The molecular weight excluding hydrogens is 270 g/mol. The molecule has 0 saturated carbocycles. The average Bonchev–Trinajstić information content (AvgIpc) is 3.00. The molecule has 3 N–H and O–H groups in total. The number of rotatable bonds is 6. The highest BCUT2D eigenvalue weighted by Crippen LogP contribution is 2.16. The van der Waals surface area contributed by atoms with Gasteiger partial charge in [0, 0.05) is 24.3 Å². The minimum absolute atomic E-state index is 0.0844. The first kappa shape index (κ1) is 14.8. The summed E-state index contributed by atoms with van der Waals surface area (Å²) in [6.45, 7) is 0.612. The Kier molecular flexibility index (Phi) is 5.11. The van der Waals surface area contributed by atoms with E-state index in [1.165, 1.54) is 6.26 Å². The summed E-state index contributed by atoms with van der Waals surface area (Å²) in [5, 5.41) is 8.39. The van der Waals surface area contributed by atoms with Gasteiger partial charge < -0.3 is 20.4 Å². The van der Waals surface area contributed by atoms with E-state index in [4.69, 9.17) is 4.42 Å². The number of furan rings is 1. The fourth-order valence-corrected chi connectivity index (χ4v) is 1.74. The maximum absolute atomic E-state index is 11.8. The van der Waals surface area contributed by atoms with Crippen molar-refractivity contribution in [2.75, 3.05) is 24.2 Å². The van der Waals surface area contributed by atoms with E-state index in [0.717, 1.165) is 0 Å². The Morgan fingerprint density at radius 3 is 2.52 bits per heavy atom. The highest BCUT2D eigenvalue weighted by molar-refractivity contribution is 6.02. The van der Waals surface area contributed by atoms with E-state index in [0.29, 0.717) is 24.3 Å². The molecule has 0 unspecified atom stereocenters. The molecular formula is C15H17N3O3. The number of carbonyl (C=O) groups is 2. The predicted octanol–water partition coefficient (Wildman–Crippen LogP) is 2.08. The first-order valence-electron chi connectivity index (χ1n) is 6.58. The molecule has 0 aliphatic rings. The molecule has 0 atom stereocenters. The predicted molar refractivity (Wildman–Crippen MR) is 80.3 cm³/mol. The number of hydrogen-bond donors (Lipinski definition) is 3. The molecule has 0 aliphatic heterocycles. The summed E-state index contributed by atoms with van der Waals surface area (Å²) in [4.78, 5) is 23.5. The van der Waals surface area contributed by atoms with Crippen LogP contribution in [0, 0.1) is 0 Å². The van der Waals surface area contributed by atoms with Crippen LogP contribution in [0.4, 0.5) is 11.4 Å². The van der Waals surface area contributed by atoms with E-state index < -0.39 is 0 Å². The van der Waals surface area contributed by atoms with Gasteiger partial charge in [0.25, 0.3) is 5.91 Å². The second kappa shape index (κ2) is 7.25. The summed E-state index contributed by atoms with van der Waals surface area (Å²) in [5.41, 5.74) is 1.22.